The van der Waals surface area contributed by atoms with E-state index in [2.05, 4.69) is 0 Å². The van der Waals surface area contributed by atoms with Gasteiger partial charge in [0.05, 0.1) is 0 Å². The molecule has 3 rings (SSSR count). The van der Waals surface area contributed by atoms with Gasteiger partial charge in [-0.2, -0.15) is 0 Å². The van der Waals surface area contributed by atoms with Gasteiger partial charge in [0.1, 0.15) is 17.7 Å². The predicted octanol–water partition coefficient (Wildman–Crippen LogP) is 4.66. The van der Waals surface area contributed by atoms with Crippen LogP contribution in [0.4, 0.5) is 4.39 Å². The molecular weight excluding hydrogens is 300 g/mol. The minimum Gasteiger partial charge on any atom is -0.485 e. The molecule has 0 saturated heterocycles. The summed E-state index contributed by atoms with van der Waals surface area (Å²) in [5.41, 5.74) is 7.66. The maximum Gasteiger partial charge on any atom is 0.126 e. The fourth-order valence-electron chi connectivity index (χ4n) is 2.44. The molecule has 1 aliphatic heterocycles. The van der Waals surface area contributed by atoms with Gasteiger partial charge in [-0.05, 0) is 42.0 Å². The molecule has 104 valence electrons. The van der Waals surface area contributed by atoms with Crippen LogP contribution in [0.25, 0.3) is 0 Å². The molecular formula is C15H12Cl2FNO. The van der Waals surface area contributed by atoms with Crippen molar-refractivity contribution in [1.29, 1.82) is 0 Å². The van der Waals surface area contributed by atoms with Gasteiger partial charge in [0.2, 0.25) is 0 Å². The molecule has 1 aliphatic rings. The van der Waals surface area contributed by atoms with Gasteiger partial charge in [0, 0.05) is 28.1 Å². The summed E-state index contributed by atoms with van der Waals surface area (Å²) < 4.78 is 19.1. The Morgan fingerprint density at radius 1 is 1.10 bits per heavy atom. The molecule has 2 atom stereocenters. The third-order valence-electron chi connectivity index (χ3n) is 3.37. The van der Waals surface area contributed by atoms with Crippen LogP contribution in [0.1, 0.15) is 29.7 Å². The van der Waals surface area contributed by atoms with Gasteiger partial charge in [-0.25, -0.2) is 4.39 Å². The molecule has 1 heterocycles. The molecule has 1 unspecified atom stereocenters. The molecule has 2 aromatic rings. The van der Waals surface area contributed by atoms with Crippen LogP contribution in [-0.4, -0.2) is 0 Å². The number of benzene rings is 2. The molecule has 0 spiro atoms. The standard InChI is InChI=1S/C15H12Cl2FNO/c16-9-3-8(4-10(17)5-9)15-7-13(19)12-6-11(18)1-2-14(12)20-15/h1-6,13,15H,7,19H2/t13-,15?/m1/s1. The Bertz CT molecular complexity index is 642. The first-order chi connectivity index (χ1) is 9.52. The highest BCUT2D eigenvalue weighted by molar-refractivity contribution is 6.34. The van der Waals surface area contributed by atoms with Crippen LogP contribution in [0, 0.1) is 5.82 Å². The summed E-state index contributed by atoms with van der Waals surface area (Å²) in [4.78, 5) is 0. The van der Waals surface area contributed by atoms with E-state index in [0.717, 1.165) is 5.56 Å². The van der Waals surface area contributed by atoms with Crippen molar-refractivity contribution in [2.24, 2.45) is 5.73 Å². The van der Waals surface area contributed by atoms with Gasteiger partial charge in [-0.15, -0.1) is 0 Å². The van der Waals surface area contributed by atoms with Crippen molar-refractivity contribution in [3.8, 4) is 5.75 Å². The van der Waals surface area contributed by atoms with Crippen molar-refractivity contribution in [3.05, 3.63) is 63.4 Å². The third-order valence-corrected chi connectivity index (χ3v) is 3.80. The number of fused-ring (bicyclic) bond motifs is 1. The molecule has 0 aliphatic carbocycles. The van der Waals surface area contributed by atoms with Crippen LogP contribution in [0.2, 0.25) is 10.0 Å². The number of hydrogen-bond acceptors (Lipinski definition) is 2. The van der Waals surface area contributed by atoms with Crippen molar-refractivity contribution in [1.82, 2.24) is 0 Å². The van der Waals surface area contributed by atoms with Gasteiger partial charge in [0.15, 0.2) is 0 Å². The molecule has 0 fully saturated rings. The number of hydrogen-bond donors (Lipinski definition) is 1. The summed E-state index contributed by atoms with van der Waals surface area (Å²) in [5, 5.41) is 1.10. The minimum atomic E-state index is -0.313. The van der Waals surface area contributed by atoms with Crippen LogP contribution in [0.15, 0.2) is 36.4 Å². The molecule has 5 heteroatoms. The number of ether oxygens (including phenoxy) is 1. The highest BCUT2D eigenvalue weighted by atomic mass is 35.5. The fraction of sp³-hybridized carbons (Fsp3) is 0.200. The monoisotopic (exact) mass is 311 g/mol. The molecule has 0 aromatic heterocycles. The van der Waals surface area contributed by atoms with Gasteiger partial charge < -0.3 is 10.5 Å². The summed E-state index contributed by atoms with van der Waals surface area (Å²) in [6.45, 7) is 0. The zero-order valence-electron chi connectivity index (χ0n) is 10.4. The first kappa shape index (κ1) is 13.7. The first-order valence-electron chi connectivity index (χ1n) is 6.20. The lowest BCUT2D eigenvalue weighted by Crippen LogP contribution is -2.24. The zero-order chi connectivity index (χ0) is 14.3. The second kappa shape index (κ2) is 5.24. The quantitative estimate of drug-likeness (QED) is 0.831. The lowest BCUT2D eigenvalue weighted by atomic mass is 9.93. The van der Waals surface area contributed by atoms with E-state index in [0.29, 0.717) is 27.8 Å². The van der Waals surface area contributed by atoms with Crippen molar-refractivity contribution in [3.63, 3.8) is 0 Å². The summed E-state index contributed by atoms with van der Waals surface area (Å²) >= 11 is 12.0. The lowest BCUT2D eigenvalue weighted by Gasteiger charge is -2.30. The molecule has 2 nitrogen and oxygen atoms in total. The van der Waals surface area contributed by atoms with E-state index >= 15 is 0 Å². The zero-order valence-corrected chi connectivity index (χ0v) is 12.0. The van der Waals surface area contributed by atoms with E-state index in [9.17, 15) is 4.39 Å². The van der Waals surface area contributed by atoms with Gasteiger partial charge in [-0.3, -0.25) is 0 Å². The average molecular weight is 312 g/mol. The Kier molecular flexibility index (Phi) is 3.59. The van der Waals surface area contributed by atoms with E-state index < -0.39 is 0 Å². The number of halogens is 3. The van der Waals surface area contributed by atoms with E-state index in [-0.39, 0.29) is 18.0 Å². The van der Waals surface area contributed by atoms with Crippen LogP contribution in [-0.2, 0) is 0 Å². The number of rotatable bonds is 1. The highest BCUT2D eigenvalue weighted by Crippen LogP contribution is 2.40. The van der Waals surface area contributed by atoms with Crippen LogP contribution in [0.3, 0.4) is 0 Å². The molecule has 20 heavy (non-hydrogen) atoms. The van der Waals surface area contributed by atoms with Crippen molar-refractivity contribution >= 4 is 23.2 Å². The Hall–Kier alpha value is -1.29. The molecule has 0 radical (unpaired) electrons. The van der Waals surface area contributed by atoms with Gasteiger partial charge >= 0.3 is 0 Å². The van der Waals surface area contributed by atoms with E-state index in [4.69, 9.17) is 33.7 Å². The minimum absolute atomic E-state index is 0.237. The Balaban J connectivity index is 1.96. The largest absolute Gasteiger partial charge is 0.485 e. The second-order valence-electron chi connectivity index (χ2n) is 4.83. The Morgan fingerprint density at radius 3 is 2.50 bits per heavy atom. The smallest absolute Gasteiger partial charge is 0.126 e. The maximum absolute atomic E-state index is 13.2. The molecule has 0 bridgehead atoms. The highest BCUT2D eigenvalue weighted by Gasteiger charge is 2.27. The van der Waals surface area contributed by atoms with Gasteiger partial charge in [0.25, 0.3) is 0 Å². The summed E-state index contributed by atoms with van der Waals surface area (Å²) in [7, 11) is 0. The van der Waals surface area contributed by atoms with Crippen LogP contribution in [0.5, 0.6) is 5.75 Å². The van der Waals surface area contributed by atoms with E-state index in [1.54, 1.807) is 24.3 Å². The number of nitrogens with two attached hydrogens (primary N) is 1. The predicted molar refractivity (Wildman–Crippen MR) is 77.8 cm³/mol. The van der Waals surface area contributed by atoms with Crippen LogP contribution < -0.4 is 10.5 Å². The SMILES string of the molecule is N[C@@H]1CC(c2cc(Cl)cc(Cl)c2)Oc2ccc(F)cc21. The third kappa shape index (κ3) is 2.62. The second-order valence-corrected chi connectivity index (χ2v) is 5.71. The van der Waals surface area contributed by atoms with E-state index in [1.165, 1.54) is 12.1 Å². The van der Waals surface area contributed by atoms with Gasteiger partial charge in [-0.1, -0.05) is 23.2 Å². The summed E-state index contributed by atoms with van der Waals surface area (Å²) in [6, 6.07) is 9.37. The average Bonchev–Trinajstić information content (AvgIpc) is 2.38. The van der Waals surface area contributed by atoms with Crippen molar-refractivity contribution in [2.75, 3.05) is 0 Å². The Labute approximate surface area is 126 Å². The Morgan fingerprint density at radius 2 is 1.80 bits per heavy atom. The van der Waals surface area contributed by atoms with Crippen LogP contribution >= 0.6 is 23.2 Å². The molecule has 0 saturated carbocycles. The fourth-order valence-corrected chi connectivity index (χ4v) is 2.98. The molecule has 2 aromatic carbocycles. The topological polar surface area (TPSA) is 35.2 Å². The first-order valence-corrected chi connectivity index (χ1v) is 6.96. The molecule has 2 N–H and O–H groups in total. The normalized spacial score (nSPS) is 21.2. The summed E-state index contributed by atoms with van der Waals surface area (Å²) in [5.74, 6) is 0.290. The molecule has 0 amide bonds. The lowest BCUT2D eigenvalue weighted by molar-refractivity contribution is 0.161. The summed E-state index contributed by atoms with van der Waals surface area (Å²) in [6.07, 6.45) is 0.312. The van der Waals surface area contributed by atoms with Crippen molar-refractivity contribution < 1.29 is 9.13 Å². The van der Waals surface area contributed by atoms with E-state index in [1.807, 2.05) is 0 Å². The maximum atomic E-state index is 13.2. The van der Waals surface area contributed by atoms with Crippen molar-refractivity contribution in [2.45, 2.75) is 18.6 Å².